The normalized spacial score (nSPS) is 14.5. The number of benzene rings is 1. The summed E-state index contributed by atoms with van der Waals surface area (Å²) in [6, 6.07) is 5.86. The molecule has 2 heteroatoms. The zero-order valence-electron chi connectivity index (χ0n) is 5.36. The van der Waals surface area contributed by atoms with Gasteiger partial charge in [-0.15, -0.1) is 0 Å². The summed E-state index contributed by atoms with van der Waals surface area (Å²) in [4.78, 5) is 0. The van der Waals surface area contributed by atoms with Gasteiger partial charge in [-0.05, 0) is 0 Å². The summed E-state index contributed by atoms with van der Waals surface area (Å²) in [7, 11) is 0. The second kappa shape index (κ2) is 1.97. The molecule has 1 aliphatic rings. The maximum atomic E-state index is 12.7. The Hall–Kier alpha value is -1.05. The van der Waals surface area contributed by atoms with E-state index in [9.17, 15) is 4.39 Å². The van der Waals surface area contributed by atoms with Crippen LogP contribution in [0.3, 0.4) is 0 Å². The first kappa shape index (κ1) is 5.71. The Morgan fingerprint density at radius 3 is 3.30 bits per heavy atom. The van der Waals surface area contributed by atoms with Gasteiger partial charge in [0.1, 0.15) is 0 Å². The predicted octanol–water partition coefficient (Wildman–Crippen LogP) is 1.56. The van der Waals surface area contributed by atoms with E-state index >= 15 is 0 Å². The Balaban J connectivity index is 2.59. The summed E-state index contributed by atoms with van der Waals surface area (Å²) < 4.78 is 17.7. The monoisotopic (exact) mass is 137 g/mol. The molecule has 1 aliphatic heterocycles. The molecular formula is C8H6FO. The maximum Gasteiger partial charge on any atom is 0.173 e. The quantitative estimate of drug-likeness (QED) is 0.527. The van der Waals surface area contributed by atoms with Crippen LogP contribution in [0.5, 0.6) is 5.75 Å². The fraction of sp³-hybridized carbons (Fsp3) is 0.250. The third kappa shape index (κ3) is 0.685. The zero-order valence-corrected chi connectivity index (χ0v) is 5.36. The summed E-state index contributed by atoms with van der Waals surface area (Å²) in [5.74, 6) is 0.0255. The smallest absolute Gasteiger partial charge is 0.173 e. The van der Waals surface area contributed by atoms with Crippen molar-refractivity contribution in [2.24, 2.45) is 0 Å². The van der Waals surface area contributed by atoms with Crippen LogP contribution in [-0.2, 0) is 6.42 Å². The lowest BCUT2D eigenvalue weighted by Gasteiger charge is -1.96. The van der Waals surface area contributed by atoms with Crippen LogP contribution in [0, 0.1) is 11.9 Å². The molecule has 1 heterocycles. The highest BCUT2D eigenvalue weighted by Gasteiger charge is 2.15. The van der Waals surface area contributed by atoms with Crippen LogP contribution in [0.4, 0.5) is 4.39 Å². The first-order chi connectivity index (χ1) is 4.88. The van der Waals surface area contributed by atoms with Gasteiger partial charge in [-0.3, -0.25) is 0 Å². The van der Waals surface area contributed by atoms with E-state index in [1.807, 2.05) is 6.07 Å². The van der Waals surface area contributed by atoms with Crippen molar-refractivity contribution in [2.45, 2.75) is 6.42 Å². The molecule has 0 unspecified atom stereocenters. The van der Waals surface area contributed by atoms with E-state index in [0.29, 0.717) is 12.4 Å². The molecule has 0 amide bonds. The Labute approximate surface area is 58.4 Å². The largest absolute Gasteiger partial charge is 0.490 e. The third-order valence-electron chi connectivity index (χ3n) is 1.60. The molecule has 0 aliphatic carbocycles. The average Bonchev–Trinajstić information content (AvgIpc) is 2.36. The lowest BCUT2D eigenvalue weighted by Crippen LogP contribution is -1.88. The molecule has 0 N–H and O–H groups in total. The van der Waals surface area contributed by atoms with Crippen molar-refractivity contribution in [1.29, 1.82) is 0 Å². The molecule has 1 radical (unpaired) electrons. The summed E-state index contributed by atoms with van der Waals surface area (Å²) >= 11 is 0. The van der Waals surface area contributed by atoms with E-state index in [4.69, 9.17) is 4.74 Å². The molecule has 0 aromatic heterocycles. The highest BCUT2D eigenvalue weighted by Crippen LogP contribution is 2.27. The van der Waals surface area contributed by atoms with Crippen molar-refractivity contribution in [3.8, 4) is 5.75 Å². The molecule has 0 atom stereocenters. The first-order valence-corrected chi connectivity index (χ1v) is 3.20. The Kier molecular flexibility index (Phi) is 1.13. The molecule has 2 rings (SSSR count). The van der Waals surface area contributed by atoms with E-state index in [-0.39, 0.29) is 5.82 Å². The topological polar surface area (TPSA) is 9.23 Å². The molecule has 1 aromatic carbocycles. The van der Waals surface area contributed by atoms with Gasteiger partial charge in [0.15, 0.2) is 11.6 Å². The fourth-order valence-electron chi connectivity index (χ4n) is 1.11. The molecule has 1 aromatic rings. The van der Waals surface area contributed by atoms with Gasteiger partial charge in [0.2, 0.25) is 0 Å². The highest BCUT2D eigenvalue weighted by atomic mass is 19.1. The van der Waals surface area contributed by atoms with Gasteiger partial charge in [0, 0.05) is 18.1 Å². The first-order valence-electron chi connectivity index (χ1n) is 3.20. The van der Waals surface area contributed by atoms with Crippen molar-refractivity contribution in [2.75, 3.05) is 6.61 Å². The Morgan fingerprint density at radius 1 is 1.60 bits per heavy atom. The van der Waals surface area contributed by atoms with E-state index in [2.05, 4.69) is 6.07 Å². The van der Waals surface area contributed by atoms with Gasteiger partial charge >= 0.3 is 0 Å². The van der Waals surface area contributed by atoms with Gasteiger partial charge in [0.05, 0.1) is 6.61 Å². The van der Waals surface area contributed by atoms with Crippen LogP contribution in [-0.4, -0.2) is 6.61 Å². The molecule has 0 spiro atoms. The van der Waals surface area contributed by atoms with Crippen LogP contribution >= 0.6 is 0 Å². The van der Waals surface area contributed by atoms with Crippen molar-refractivity contribution in [3.63, 3.8) is 0 Å². The van der Waals surface area contributed by atoms with E-state index in [1.165, 1.54) is 0 Å². The van der Waals surface area contributed by atoms with E-state index in [1.54, 1.807) is 6.07 Å². The summed E-state index contributed by atoms with van der Waals surface area (Å²) in [6.07, 6.45) is 0.820. The van der Waals surface area contributed by atoms with Crippen molar-refractivity contribution in [3.05, 3.63) is 29.6 Å². The third-order valence-corrected chi connectivity index (χ3v) is 1.60. The molecule has 10 heavy (non-hydrogen) atoms. The molecule has 51 valence electrons. The minimum Gasteiger partial charge on any atom is -0.490 e. The van der Waals surface area contributed by atoms with Crippen LogP contribution < -0.4 is 4.74 Å². The fourth-order valence-corrected chi connectivity index (χ4v) is 1.11. The van der Waals surface area contributed by atoms with Crippen LogP contribution in [0.2, 0.25) is 0 Å². The number of hydrogen-bond acceptors (Lipinski definition) is 1. The Morgan fingerprint density at radius 2 is 2.50 bits per heavy atom. The maximum absolute atomic E-state index is 12.7. The number of fused-ring (bicyclic) bond motifs is 1. The number of hydrogen-bond donors (Lipinski definition) is 0. The van der Waals surface area contributed by atoms with E-state index in [0.717, 1.165) is 12.0 Å². The lowest BCUT2D eigenvalue weighted by atomic mass is 10.2. The van der Waals surface area contributed by atoms with Gasteiger partial charge in [0.25, 0.3) is 0 Å². The van der Waals surface area contributed by atoms with E-state index < -0.39 is 0 Å². The van der Waals surface area contributed by atoms with Crippen LogP contribution in [0.15, 0.2) is 12.1 Å². The molecule has 0 saturated heterocycles. The average molecular weight is 137 g/mol. The Bertz CT molecular complexity index is 257. The van der Waals surface area contributed by atoms with Crippen molar-refractivity contribution >= 4 is 0 Å². The number of halogens is 1. The predicted molar refractivity (Wildman–Crippen MR) is 34.4 cm³/mol. The van der Waals surface area contributed by atoms with Gasteiger partial charge in [-0.2, -0.15) is 0 Å². The number of rotatable bonds is 0. The van der Waals surface area contributed by atoms with Crippen molar-refractivity contribution < 1.29 is 9.13 Å². The minimum atomic E-state index is -0.366. The van der Waals surface area contributed by atoms with Gasteiger partial charge in [-0.25, -0.2) is 4.39 Å². The second-order valence-electron chi connectivity index (χ2n) is 2.24. The molecule has 0 saturated carbocycles. The summed E-state index contributed by atoms with van der Waals surface area (Å²) in [5.41, 5.74) is 0.955. The molecular weight excluding hydrogens is 131 g/mol. The number of ether oxygens (including phenoxy) is 1. The summed E-state index contributed by atoms with van der Waals surface area (Å²) in [5, 5.41) is 0. The standard InChI is InChI=1S/C8H6FO/c9-7-3-1-2-6-4-5-10-8(6)7/h1-2H,4-5H2. The van der Waals surface area contributed by atoms with Crippen LogP contribution in [0.1, 0.15) is 5.56 Å². The summed E-state index contributed by atoms with van der Waals surface area (Å²) in [6.45, 7) is 0.601. The molecule has 0 bridgehead atoms. The molecule has 0 fully saturated rings. The second-order valence-corrected chi connectivity index (χ2v) is 2.24. The highest BCUT2D eigenvalue weighted by molar-refractivity contribution is 5.36. The minimum absolute atomic E-state index is 0.366. The SMILES string of the molecule is Fc1[c]ccc2c1OCC2. The lowest BCUT2D eigenvalue weighted by molar-refractivity contribution is 0.339. The zero-order chi connectivity index (χ0) is 6.97. The molecule has 1 nitrogen and oxygen atoms in total. The van der Waals surface area contributed by atoms with Gasteiger partial charge in [-0.1, -0.05) is 12.1 Å². The van der Waals surface area contributed by atoms with Gasteiger partial charge < -0.3 is 4.74 Å². The van der Waals surface area contributed by atoms with Crippen LogP contribution in [0.25, 0.3) is 0 Å². The van der Waals surface area contributed by atoms with Crippen molar-refractivity contribution in [1.82, 2.24) is 0 Å².